The number of methoxy groups -OCH3 is 1. The molecule has 112 valence electrons. The number of nitrogens with zero attached hydrogens (tertiary/aromatic N) is 1. The summed E-state index contributed by atoms with van der Waals surface area (Å²) in [6.45, 7) is 5.24. The Labute approximate surface area is 126 Å². The quantitative estimate of drug-likeness (QED) is 0.837. The van der Waals surface area contributed by atoms with Crippen molar-refractivity contribution in [2.45, 2.75) is 26.3 Å². The first kappa shape index (κ1) is 15.3. The average Bonchev–Trinajstić information content (AvgIpc) is 2.54. The first-order chi connectivity index (χ1) is 10.2. The number of ether oxygens (including phenoxy) is 2. The molecule has 0 saturated heterocycles. The molecule has 4 heteroatoms. The van der Waals surface area contributed by atoms with Crippen LogP contribution < -0.4 is 14.8 Å². The minimum absolute atomic E-state index is 0.201. The second kappa shape index (κ2) is 7.64. The Morgan fingerprint density at radius 1 is 1.14 bits per heavy atom. The third kappa shape index (κ3) is 4.20. The number of rotatable bonds is 7. The molecule has 0 spiro atoms. The van der Waals surface area contributed by atoms with E-state index >= 15 is 0 Å². The van der Waals surface area contributed by atoms with E-state index in [9.17, 15) is 0 Å². The second-order valence-electron chi connectivity index (χ2n) is 4.85. The molecule has 4 nitrogen and oxygen atoms in total. The summed E-state index contributed by atoms with van der Waals surface area (Å²) in [7, 11) is 1.65. The summed E-state index contributed by atoms with van der Waals surface area (Å²) in [5, 5.41) is 3.45. The van der Waals surface area contributed by atoms with Gasteiger partial charge in [-0.05, 0) is 50.2 Å². The zero-order chi connectivity index (χ0) is 15.1. The van der Waals surface area contributed by atoms with Gasteiger partial charge in [0.1, 0.15) is 11.5 Å². The molecule has 0 radical (unpaired) electrons. The van der Waals surface area contributed by atoms with Crippen LogP contribution in [0.2, 0.25) is 0 Å². The molecular weight excluding hydrogens is 264 g/mol. The van der Waals surface area contributed by atoms with E-state index in [1.807, 2.05) is 36.4 Å². The van der Waals surface area contributed by atoms with Crippen LogP contribution in [0.4, 0.5) is 0 Å². The van der Waals surface area contributed by atoms with Crippen LogP contribution in [0.5, 0.6) is 17.4 Å². The average molecular weight is 286 g/mol. The Balaban J connectivity index is 2.15. The Bertz CT molecular complexity index is 555. The Morgan fingerprint density at radius 2 is 1.86 bits per heavy atom. The number of nitrogens with one attached hydrogen (secondary N) is 1. The van der Waals surface area contributed by atoms with Gasteiger partial charge in [0.05, 0.1) is 7.11 Å². The topological polar surface area (TPSA) is 43.4 Å². The summed E-state index contributed by atoms with van der Waals surface area (Å²) >= 11 is 0. The van der Waals surface area contributed by atoms with Gasteiger partial charge < -0.3 is 14.8 Å². The van der Waals surface area contributed by atoms with Gasteiger partial charge in [0, 0.05) is 17.8 Å². The molecule has 0 bridgehead atoms. The maximum atomic E-state index is 5.90. The standard InChI is InChI=1S/C17H22N2O2/c1-4-11-18-13(2)16-6-5-12-19-17(16)21-15-9-7-14(20-3)8-10-15/h5-10,12-13,18H,4,11H2,1-3H3. The van der Waals surface area contributed by atoms with Crippen LogP contribution >= 0.6 is 0 Å². The van der Waals surface area contributed by atoms with Crippen LogP contribution in [0.25, 0.3) is 0 Å². The maximum Gasteiger partial charge on any atom is 0.223 e. The van der Waals surface area contributed by atoms with Gasteiger partial charge in [-0.1, -0.05) is 13.0 Å². The lowest BCUT2D eigenvalue weighted by Crippen LogP contribution is -2.20. The molecule has 0 fully saturated rings. The zero-order valence-corrected chi connectivity index (χ0v) is 12.8. The van der Waals surface area contributed by atoms with Gasteiger partial charge in [-0.25, -0.2) is 4.98 Å². The molecule has 2 rings (SSSR count). The van der Waals surface area contributed by atoms with Crippen molar-refractivity contribution in [2.24, 2.45) is 0 Å². The minimum atomic E-state index is 0.201. The predicted molar refractivity (Wildman–Crippen MR) is 84.0 cm³/mol. The molecule has 2 aromatic rings. The Kier molecular flexibility index (Phi) is 5.58. The van der Waals surface area contributed by atoms with Crippen LogP contribution in [0.15, 0.2) is 42.6 Å². The molecule has 1 unspecified atom stereocenters. The van der Waals surface area contributed by atoms with Crippen LogP contribution in [-0.4, -0.2) is 18.6 Å². The molecule has 0 saturated carbocycles. The first-order valence-electron chi connectivity index (χ1n) is 7.24. The first-order valence-corrected chi connectivity index (χ1v) is 7.24. The molecule has 1 heterocycles. The van der Waals surface area contributed by atoms with Gasteiger partial charge in [-0.2, -0.15) is 0 Å². The monoisotopic (exact) mass is 286 g/mol. The molecule has 0 aliphatic rings. The van der Waals surface area contributed by atoms with Gasteiger partial charge >= 0.3 is 0 Å². The summed E-state index contributed by atoms with van der Waals surface area (Å²) in [6, 6.07) is 11.7. The summed E-state index contributed by atoms with van der Waals surface area (Å²) in [4.78, 5) is 4.35. The fourth-order valence-corrected chi connectivity index (χ4v) is 2.04. The highest BCUT2D eigenvalue weighted by Crippen LogP contribution is 2.28. The number of hydrogen-bond acceptors (Lipinski definition) is 4. The molecule has 1 aromatic carbocycles. The summed E-state index contributed by atoms with van der Waals surface area (Å²) < 4.78 is 11.0. The molecule has 1 atom stereocenters. The van der Waals surface area contributed by atoms with Gasteiger partial charge in [-0.3, -0.25) is 0 Å². The highest BCUT2D eigenvalue weighted by molar-refractivity contribution is 5.36. The van der Waals surface area contributed by atoms with Gasteiger partial charge in [0.15, 0.2) is 0 Å². The van der Waals surface area contributed by atoms with Crippen molar-refractivity contribution in [2.75, 3.05) is 13.7 Å². The lowest BCUT2D eigenvalue weighted by molar-refractivity contribution is 0.411. The SMILES string of the molecule is CCCNC(C)c1cccnc1Oc1ccc(OC)cc1. The van der Waals surface area contributed by atoms with E-state index in [-0.39, 0.29) is 6.04 Å². The van der Waals surface area contributed by atoms with Gasteiger partial charge in [-0.15, -0.1) is 0 Å². The van der Waals surface area contributed by atoms with E-state index in [0.29, 0.717) is 5.88 Å². The lowest BCUT2D eigenvalue weighted by Gasteiger charge is -2.17. The predicted octanol–water partition coefficient (Wildman–Crippen LogP) is 3.94. The van der Waals surface area contributed by atoms with Crippen molar-refractivity contribution in [3.63, 3.8) is 0 Å². The number of aromatic nitrogens is 1. The zero-order valence-electron chi connectivity index (χ0n) is 12.8. The van der Waals surface area contributed by atoms with E-state index in [1.165, 1.54) is 0 Å². The summed E-state index contributed by atoms with van der Waals surface area (Å²) in [5.74, 6) is 2.19. The Hall–Kier alpha value is -2.07. The molecule has 0 aliphatic carbocycles. The van der Waals surface area contributed by atoms with E-state index in [4.69, 9.17) is 9.47 Å². The number of hydrogen-bond donors (Lipinski definition) is 1. The van der Waals surface area contributed by atoms with Crippen molar-refractivity contribution in [3.8, 4) is 17.4 Å². The maximum absolute atomic E-state index is 5.90. The highest BCUT2D eigenvalue weighted by atomic mass is 16.5. The summed E-state index contributed by atoms with van der Waals surface area (Å²) in [5.41, 5.74) is 1.06. The van der Waals surface area contributed by atoms with E-state index in [2.05, 4.69) is 24.1 Å². The second-order valence-corrected chi connectivity index (χ2v) is 4.85. The number of pyridine rings is 1. The van der Waals surface area contributed by atoms with Crippen LogP contribution in [0.1, 0.15) is 31.9 Å². The van der Waals surface area contributed by atoms with Crippen molar-refractivity contribution < 1.29 is 9.47 Å². The van der Waals surface area contributed by atoms with Crippen LogP contribution in [-0.2, 0) is 0 Å². The fourth-order valence-electron chi connectivity index (χ4n) is 2.04. The minimum Gasteiger partial charge on any atom is -0.497 e. The molecule has 1 aromatic heterocycles. The van der Waals surface area contributed by atoms with E-state index < -0.39 is 0 Å². The molecular formula is C17H22N2O2. The molecule has 0 amide bonds. The highest BCUT2D eigenvalue weighted by Gasteiger charge is 2.12. The van der Waals surface area contributed by atoms with Crippen molar-refractivity contribution >= 4 is 0 Å². The fraction of sp³-hybridized carbons (Fsp3) is 0.353. The molecule has 21 heavy (non-hydrogen) atoms. The smallest absolute Gasteiger partial charge is 0.223 e. The van der Waals surface area contributed by atoms with Crippen LogP contribution in [0, 0.1) is 0 Å². The van der Waals surface area contributed by atoms with Crippen molar-refractivity contribution in [3.05, 3.63) is 48.2 Å². The van der Waals surface area contributed by atoms with E-state index in [1.54, 1.807) is 13.3 Å². The third-order valence-corrected chi connectivity index (χ3v) is 3.24. The lowest BCUT2D eigenvalue weighted by atomic mass is 10.1. The molecule has 1 N–H and O–H groups in total. The van der Waals surface area contributed by atoms with Crippen LogP contribution in [0.3, 0.4) is 0 Å². The number of benzene rings is 1. The normalized spacial score (nSPS) is 12.0. The van der Waals surface area contributed by atoms with Gasteiger partial charge in [0.2, 0.25) is 5.88 Å². The summed E-state index contributed by atoms with van der Waals surface area (Å²) in [6.07, 6.45) is 2.84. The van der Waals surface area contributed by atoms with Gasteiger partial charge in [0.25, 0.3) is 0 Å². The van der Waals surface area contributed by atoms with E-state index in [0.717, 1.165) is 30.0 Å². The van der Waals surface area contributed by atoms with Crippen molar-refractivity contribution in [1.82, 2.24) is 10.3 Å². The third-order valence-electron chi connectivity index (χ3n) is 3.24. The van der Waals surface area contributed by atoms with Crippen molar-refractivity contribution in [1.29, 1.82) is 0 Å². The Morgan fingerprint density at radius 3 is 2.52 bits per heavy atom. The largest absolute Gasteiger partial charge is 0.497 e. The molecule has 0 aliphatic heterocycles.